The summed E-state index contributed by atoms with van der Waals surface area (Å²) in [5.41, 5.74) is -3.51. The van der Waals surface area contributed by atoms with Gasteiger partial charge in [0.05, 0.1) is 6.61 Å². The Morgan fingerprint density at radius 1 is 1.53 bits per heavy atom. The quantitative estimate of drug-likeness (QED) is 0.422. The summed E-state index contributed by atoms with van der Waals surface area (Å²) in [6.07, 6.45) is 2.13. The first-order valence-electron chi connectivity index (χ1n) is 5.41. The SMILES string of the molecule is C#C[C@@]1(n2ccc(=O)[nH]c2=O)O[C@H](CO)[C@@H](O)[C@H]1O. The number of nitrogens with zero attached hydrogens (tertiary/aromatic N) is 1. The van der Waals surface area contributed by atoms with Crippen molar-refractivity contribution in [2.24, 2.45) is 0 Å². The lowest BCUT2D eigenvalue weighted by Crippen LogP contribution is -2.50. The zero-order valence-electron chi connectivity index (χ0n) is 9.68. The molecule has 0 spiro atoms. The summed E-state index contributed by atoms with van der Waals surface area (Å²) in [6.45, 7) is -0.584. The smallest absolute Gasteiger partial charge is 0.331 e. The number of aliphatic hydroxyl groups is 3. The third-order valence-corrected chi connectivity index (χ3v) is 3.00. The molecular formula is C11H12N2O6. The fraction of sp³-hybridized carbons (Fsp3) is 0.455. The van der Waals surface area contributed by atoms with E-state index in [2.05, 4.69) is 5.92 Å². The van der Waals surface area contributed by atoms with E-state index in [9.17, 15) is 19.8 Å². The van der Waals surface area contributed by atoms with Crippen LogP contribution in [-0.4, -0.2) is 49.8 Å². The number of hydrogen-bond acceptors (Lipinski definition) is 6. The van der Waals surface area contributed by atoms with E-state index in [0.717, 1.165) is 16.8 Å². The van der Waals surface area contributed by atoms with Gasteiger partial charge in [-0.05, 0) is 5.92 Å². The number of aliphatic hydroxyl groups excluding tert-OH is 3. The van der Waals surface area contributed by atoms with Gasteiger partial charge in [-0.2, -0.15) is 0 Å². The molecule has 1 aliphatic heterocycles. The monoisotopic (exact) mass is 268 g/mol. The lowest BCUT2D eigenvalue weighted by Gasteiger charge is -2.28. The van der Waals surface area contributed by atoms with Crippen LogP contribution in [0.1, 0.15) is 0 Å². The number of terminal acetylenes is 1. The number of ether oxygens (including phenoxy) is 1. The Morgan fingerprint density at radius 3 is 2.68 bits per heavy atom. The van der Waals surface area contributed by atoms with Crippen LogP contribution in [-0.2, 0) is 10.5 Å². The van der Waals surface area contributed by atoms with E-state index in [1.165, 1.54) is 0 Å². The molecule has 2 heterocycles. The maximum absolute atomic E-state index is 11.7. The highest BCUT2D eigenvalue weighted by Gasteiger charge is 2.55. The van der Waals surface area contributed by atoms with Gasteiger partial charge in [0, 0.05) is 12.3 Å². The van der Waals surface area contributed by atoms with E-state index >= 15 is 0 Å². The number of aromatic nitrogens is 2. The topological polar surface area (TPSA) is 125 Å². The largest absolute Gasteiger partial charge is 0.394 e. The molecule has 1 aromatic heterocycles. The zero-order chi connectivity index (χ0) is 14.2. The van der Waals surface area contributed by atoms with Gasteiger partial charge >= 0.3 is 5.69 Å². The predicted molar refractivity (Wildman–Crippen MR) is 62.1 cm³/mol. The van der Waals surface area contributed by atoms with Crippen LogP contribution in [0.4, 0.5) is 0 Å². The summed E-state index contributed by atoms with van der Waals surface area (Å²) < 4.78 is 6.02. The van der Waals surface area contributed by atoms with Crippen LogP contribution in [0.25, 0.3) is 0 Å². The third-order valence-electron chi connectivity index (χ3n) is 3.00. The van der Waals surface area contributed by atoms with Gasteiger partial charge in [-0.15, -0.1) is 6.42 Å². The summed E-state index contributed by atoms with van der Waals surface area (Å²) >= 11 is 0. The van der Waals surface area contributed by atoms with E-state index in [-0.39, 0.29) is 0 Å². The molecule has 0 amide bonds. The Labute approximate surface area is 106 Å². The maximum Gasteiger partial charge on any atom is 0.331 e. The summed E-state index contributed by atoms with van der Waals surface area (Å²) in [6, 6.07) is 1.02. The van der Waals surface area contributed by atoms with Crippen molar-refractivity contribution in [3.63, 3.8) is 0 Å². The minimum Gasteiger partial charge on any atom is -0.394 e. The van der Waals surface area contributed by atoms with E-state index < -0.39 is 41.9 Å². The second kappa shape index (κ2) is 4.64. The van der Waals surface area contributed by atoms with E-state index in [4.69, 9.17) is 16.3 Å². The molecule has 19 heavy (non-hydrogen) atoms. The molecule has 0 bridgehead atoms. The lowest BCUT2D eigenvalue weighted by atomic mass is 10.0. The van der Waals surface area contributed by atoms with E-state index in [1.807, 2.05) is 4.98 Å². The second-order valence-corrected chi connectivity index (χ2v) is 4.10. The van der Waals surface area contributed by atoms with Crippen molar-refractivity contribution >= 4 is 0 Å². The first-order chi connectivity index (χ1) is 8.96. The molecule has 1 fully saturated rings. The zero-order valence-corrected chi connectivity index (χ0v) is 9.68. The van der Waals surface area contributed by atoms with Crippen LogP contribution < -0.4 is 11.2 Å². The third kappa shape index (κ3) is 1.89. The van der Waals surface area contributed by atoms with Gasteiger partial charge in [-0.25, -0.2) is 4.79 Å². The van der Waals surface area contributed by atoms with Crippen molar-refractivity contribution in [1.82, 2.24) is 9.55 Å². The van der Waals surface area contributed by atoms with Gasteiger partial charge in [0.2, 0.25) is 5.72 Å². The summed E-state index contributed by atoms with van der Waals surface area (Å²) in [4.78, 5) is 24.7. The molecular weight excluding hydrogens is 256 g/mol. The van der Waals surface area contributed by atoms with Crippen molar-refractivity contribution in [3.05, 3.63) is 33.1 Å². The van der Waals surface area contributed by atoms with Crippen LogP contribution >= 0.6 is 0 Å². The number of aromatic amines is 1. The maximum atomic E-state index is 11.7. The molecule has 0 radical (unpaired) electrons. The number of rotatable bonds is 2. The highest BCUT2D eigenvalue weighted by atomic mass is 16.6. The van der Waals surface area contributed by atoms with Gasteiger partial charge in [0.25, 0.3) is 5.56 Å². The van der Waals surface area contributed by atoms with Crippen molar-refractivity contribution in [3.8, 4) is 12.3 Å². The Morgan fingerprint density at radius 2 is 2.21 bits per heavy atom. The molecule has 1 saturated heterocycles. The predicted octanol–water partition coefficient (Wildman–Crippen LogP) is -3.06. The molecule has 1 aliphatic rings. The van der Waals surface area contributed by atoms with Crippen molar-refractivity contribution in [2.75, 3.05) is 6.61 Å². The van der Waals surface area contributed by atoms with Gasteiger partial charge in [0.15, 0.2) is 0 Å². The average molecular weight is 268 g/mol. The molecule has 4 atom stereocenters. The second-order valence-electron chi connectivity index (χ2n) is 4.10. The summed E-state index contributed by atoms with van der Waals surface area (Å²) in [5, 5.41) is 28.7. The Bertz CT molecular complexity index is 629. The molecule has 0 aromatic carbocycles. The van der Waals surface area contributed by atoms with Crippen molar-refractivity contribution in [2.45, 2.75) is 24.0 Å². The highest BCUT2D eigenvalue weighted by Crippen LogP contribution is 2.33. The molecule has 4 N–H and O–H groups in total. The Balaban J connectivity index is 2.59. The highest BCUT2D eigenvalue weighted by molar-refractivity contribution is 5.16. The summed E-state index contributed by atoms with van der Waals surface area (Å²) in [7, 11) is 0. The fourth-order valence-electron chi connectivity index (χ4n) is 2.02. The van der Waals surface area contributed by atoms with E-state index in [1.54, 1.807) is 0 Å². The standard InChI is InChI=1S/C11H12N2O6/c1-2-11(9(17)8(16)6(5-14)19-11)13-4-3-7(15)12-10(13)18/h1,3-4,6,8-9,14,16-17H,5H2,(H,12,15,18)/t6-,8-,9-,11-/m1/s1. The molecule has 8 heteroatoms. The average Bonchev–Trinajstić information content (AvgIpc) is 2.64. The molecule has 0 saturated carbocycles. The minimum atomic E-state index is -1.98. The molecule has 0 aliphatic carbocycles. The molecule has 1 aromatic rings. The fourth-order valence-corrected chi connectivity index (χ4v) is 2.02. The molecule has 8 nitrogen and oxygen atoms in total. The van der Waals surface area contributed by atoms with Crippen LogP contribution in [0.3, 0.4) is 0 Å². The Hall–Kier alpha value is -1.92. The summed E-state index contributed by atoms with van der Waals surface area (Å²) in [5.74, 6) is 2.10. The minimum absolute atomic E-state index is 0.584. The van der Waals surface area contributed by atoms with Crippen LogP contribution in [0.15, 0.2) is 21.9 Å². The number of nitrogens with one attached hydrogen (secondary N) is 1. The van der Waals surface area contributed by atoms with Crippen LogP contribution in [0.2, 0.25) is 0 Å². The molecule has 0 unspecified atom stereocenters. The van der Waals surface area contributed by atoms with Crippen molar-refractivity contribution < 1.29 is 20.1 Å². The Kier molecular flexibility index (Phi) is 3.30. The normalized spacial score (nSPS) is 34.1. The number of H-pyrrole nitrogens is 1. The van der Waals surface area contributed by atoms with Gasteiger partial charge in [0.1, 0.15) is 18.3 Å². The van der Waals surface area contributed by atoms with Crippen molar-refractivity contribution in [1.29, 1.82) is 0 Å². The first kappa shape index (κ1) is 13.5. The molecule has 2 rings (SSSR count). The van der Waals surface area contributed by atoms with Gasteiger partial charge in [-0.1, -0.05) is 0 Å². The lowest BCUT2D eigenvalue weighted by molar-refractivity contribution is -0.107. The number of hydrogen-bond donors (Lipinski definition) is 4. The van der Waals surface area contributed by atoms with E-state index in [0.29, 0.717) is 0 Å². The van der Waals surface area contributed by atoms with Gasteiger partial charge < -0.3 is 20.1 Å². The first-order valence-corrected chi connectivity index (χ1v) is 5.41. The van der Waals surface area contributed by atoms with Crippen LogP contribution in [0.5, 0.6) is 0 Å². The van der Waals surface area contributed by atoms with Gasteiger partial charge in [-0.3, -0.25) is 14.3 Å². The van der Waals surface area contributed by atoms with Crippen LogP contribution in [0, 0.1) is 12.3 Å². The molecule has 102 valence electrons.